The molecule has 6 aromatic rings. The Kier molecular flexibility index (Phi) is 5.44. The summed E-state index contributed by atoms with van der Waals surface area (Å²) in [5.74, 6) is 3.18. The van der Waals surface area contributed by atoms with Gasteiger partial charge in [-0.15, -0.1) is 0 Å². The van der Waals surface area contributed by atoms with Gasteiger partial charge in [-0.2, -0.15) is 0 Å². The minimum atomic E-state index is -0.375. The number of benzene rings is 2. The Bertz CT molecular complexity index is 1800. The van der Waals surface area contributed by atoms with E-state index in [0.717, 1.165) is 46.8 Å². The second-order valence-corrected chi connectivity index (χ2v) is 9.71. The minimum Gasteiger partial charge on any atom is -0.319 e. The van der Waals surface area contributed by atoms with Crippen molar-refractivity contribution in [1.29, 1.82) is 0 Å². The number of aromatic nitrogens is 8. The van der Waals surface area contributed by atoms with Crippen LogP contribution in [0.2, 0.25) is 0 Å². The van der Waals surface area contributed by atoms with E-state index in [1.54, 1.807) is 0 Å². The highest BCUT2D eigenvalue weighted by molar-refractivity contribution is 5.63. The minimum absolute atomic E-state index is 0.375. The normalized spacial score (nSPS) is 16.9. The maximum absolute atomic E-state index is 4.75. The van der Waals surface area contributed by atoms with E-state index in [1.807, 2.05) is 86.0 Å². The lowest BCUT2D eigenvalue weighted by molar-refractivity contribution is 0.415. The van der Waals surface area contributed by atoms with Crippen molar-refractivity contribution in [3.63, 3.8) is 0 Å². The van der Waals surface area contributed by atoms with Gasteiger partial charge >= 0.3 is 0 Å². The van der Waals surface area contributed by atoms with Crippen molar-refractivity contribution in [3.8, 4) is 34.7 Å². The van der Waals surface area contributed by atoms with Crippen molar-refractivity contribution < 1.29 is 0 Å². The summed E-state index contributed by atoms with van der Waals surface area (Å²) >= 11 is 0. The van der Waals surface area contributed by atoms with Gasteiger partial charge in [0.1, 0.15) is 0 Å². The molecule has 0 fully saturated rings. The highest BCUT2D eigenvalue weighted by atomic mass is 15.2. The molecule has 8 nitrogen and oxygen atoms in total. The molecule has 0 aliphatic heterocycles. The molecular formula is C31H26N8. The highest BCUT2D eigenvalue weighted by Crippen LogP contribution is 2.37. The van der Waals surface area contributed by atoms with Gasteiger partial charge in [-0.1, -0.05) is 48.6 Å². The number of hydrogen-bond donors (Lipinski definition) is 0. The largest absolute Gasteiger partial charge is 0.319 e. The van der Waals surface area contributed by atoms with Crippen LogP contribution in [0.25, 0.3) is 40.4 Å². The fraction of sp³-hybridized carbons (Fsp3) is 0.0968. The van der Waals surface area contributed by atoms with Crippen molar-refractivity contribution in [2.45, 2.75) is 18.9 Å². The summed E-state index contributed by atoms with van der Waals surface area (Å²) in [6.07, 6.45) is 22.5. The third-order valence-corrected chi connectivity index (χ3v) is 7.17. The smallest absolute Gasteiger partial charge is 0.181 e. The Labute approximate surface area is 225 Å². The zero-order valence-electron chi connectivity index (χ0n) is 21.4. The Morgan fingerprint density at radius 3 is 1.69 bits per heavy atom. The van der Waals surface area contributed by atoms with E-state index in [4.69, 9.17) is 15.0 Å². The average molecular weight is 511 g/mol. The first-order valence-electron chi connectivity index (χ1n) is 12.9. The van der Waals surface area contributed by atoms with Gasteiger partial charge in [-0.25, -0.2) is 19.9 Å². The van der Waals surface area contributed by atoms with Crippen molar-refractivity contribution in [2.75, 3.05) is 0 Å². The monoisotopic (exact) mass is 510 g/mol. The van der Waals surface area contributed by atoms with Crippen molar-refractivity contribution >= 4 is 5.70 Å². The quantitative estimate of drug-likeness (QED) is 0.276. The van der Waals surface area contributed by atoms with Crippen LogP contribution in [0.4, 0.5) is 0 Å². The first kappa shape index (κ1) is 22.9. The molecule has 1 unspecified atom stereocenters. The van der Waals surface area contributed by atoms with Crippen LogP contribution in [0.3, 0.4) is 0 Å². The maximum atomic E-state index is 4.75. The number of imidazole rings is 4. The van der Waals surface area contributed by atoms with Gasteiger partial charge in [0, 0.05) is 73.1 Å². The number of hydrogen-bond acceptors (Lipinski definition) is 4. The van der Waals surface area contributed by atoms with Crippen LogP contribution in [0, 0.1) is 0 Å². The van der Waals surface area contributed by atoms with E-state index in [2.05, 4.69) is 72.7 Å². The van der Waals surface area contributed by atoms with Crippen LogP contribution in [0.1, 0.15) is 13.3 Å². The fourth-order valence-corrected chi connectivity index (χ4v) is 5.30. The molecule has 0 N–H and O–H groups in total. The second kappa shape index (κ2) is 9.25. The predicted molar refractivity (Wildman–Crippen MR) is 151 cm³/mol. The van der Waals surface area contributed by atoms with E-state index in [-0.39, 0.29) is 5.54 Å². The Morgan fingerprint density at radius 1 is 0.590 bits per heavy atom. The Hall–Kier alpha value is -5.24. The van der Waals surface area contributed by atoms with E-state index < -0.39 is 0 Å². The zero-order chi connectivity index (χ0) is 26.2. The molecule has 8 heteroatoms. The highest BCUT2D eigenvalue weighted by Gasteiger charge is 2.32. The summed E-state index contributed by atoms with van der Waals surface area (Å²) in [5, 5.41) is 0. The molecule has 1 atom stereocenters. The number of para-hydroxylation sites is 2. The topological polar surface area (TPSA) is 71.3 Å². The van der Waals surface area contributed by atoms with Crippen LogP contribution in [-0.2, 0) is 5.54 Å². The summed E-state index contributed by atoms with van der Waals surface area (Å²) in [6, 6.07) is 20.4. The molecule has 4 heterocycles. The zero-order valence-corrected chi connectivity index (χ0v) is 21.4. The summed E-state index contributed by atoms with van der Waals surface area (Å²) in [5.41, 5.74) is 2.82. The third kappa shape index (κ3) is 3.93. The van der Waals surface area contributed by atoms with Crippen LogP contribution in [0.15, 0.2) is 128 Å². The maximum Gasteiger partial charge on any atom is 0.181 e. The van der Waals surface area contributed by atoms with Crippen molar-refractivity contribution in [1.82, 2.24) is 38.2 Å². The van der Waals surface area contributed by atoms with Gasteiger partial charge in [0.05, 0.1) is 5.54 Å². The molecule has 0 spiro atoms. The SMILES string of the molecule is CC1(n2ccnc2-c2nccn2-c2ccccc2)C=CC=C(n2ccnc2-c2nccn2-c2ccccc2)C1. The van der Waals surface area contributed by atoms with Crippen LogP contribution < -0.4 is 0 Å². The molecule has 7 rings (SSSR count). The molecule has 1 aliphatic rings. The third-order valence-electron chi connectivity index (χ3n) is 7.17. The first-order chi connectivity index (χ1) is 19.2. The lowest BCUT2D eigenvalue weighted by Gasteiger charge is -2.33. The standard InChI is InChI=1S/C31H26N8/c1-31(39-22-18-35-30(39)29-34-16-20-37(29)25-11-6-3-7-12-25)14-8-13-26(23-31)38-21-17-33-28(38)27-32-15-19-36(27)24-9-4-2-5-10-24/h2-22H,23H2,1H3. The number of allylic oxidation sites excluding steroid dienone is 4. The van der Waals surface area contributed by atoms with Gasteiger partial charge < -0.3 is 9.13 Å². The molecule has 2 aromatic carbocycles. The lowest BCUT2D eigenvalue weighted by atomic mass is 9.90. The van der Waals surface area contributed by atoms with Gasteiger partial charge in [0.25, 0.3) is 0 Å². The molecule has 0 saturated carbocycles. The first-order valence-corrected chi connectivity index (χ1v) is 12.9. The van der Waals surface area contributed by atoms with Gasteiger partial charge in [-0.05, 0) is 37.3 Å². The average Bonchev–Trinajstić information content (AvgIpc) is 3.80. The predicted octanol–water partition coefficient (Wildman–Crippen LogP) is 6.00. The fourth-order valence-electron chi connectivity index (χ4n) is 5.30. The summed E-state index contributed by atoms with van der Waals surface area (Å²) in [4.78, 5) is 18.8. The number of nitrogens with zero attached hydrogens (tertiary/aromatic N) is 8. The lowest BCUT2D eigenvalue weighted by Crippen LogP contribution is -2.31. The van der Waals surface area contributed by atoms with Crippen LogP contribution in [-0.4, -0.2) is 38.2 Å². The molecule has 39 heavy (non-hydrogen) atoms. The van der Waals surface area contributed by atoms with Crippen molar-refractivity contribution in [2.24, 2.45) is 0 Å². The van der Waals surface area contributed by atoms with Crippen molar-refractivity contribution in [3.05, 3.63) is 128 Å². The molecule has 4 aromatic heterocycles. The molecule has 0 saturated heterocycles. The number of rotatable bonds is 6. The summed E-state index contributed by atoms with van der Waals surface area (Å²) in [6.45, 7) is 2.22. The van der Waals surface area contributed by atoms with E-state index in [0.29, 0.717) is 0 Å². The van der Waals surface area contributed by atoms with E-state index in [9.17, 15) is 0 Å². The molecule has 1 aliphatic carbocycles. The van der Waals surface area contributed by atoms with Gasteiger partial charge in [0.15, 0.2) is 23.3 Å². The van der Waals surface area contributed by atoms with E-state index in [1.165, 1.54) is 0 Å². The molecule has 0 radical (unpaired) electrons. The summed E-state index contributed by atoms with van der Waals surface area (Å²) in [7, 11) is 0. The van der Waals surface area contributed by atoms with Crippen LogP contribution >= 0.6 is 0 Å². The second-order valence-electron chi connectivity index (χ2n) is 9.71. The summed E-state index contributed by atoms with van der Waals surface area (Å²) < 4.78 is 8.47. The van der Waals surface area contributed by atoms with Gasteiger partial charge in [-0.3, -0.25) is 9.13 Å². The van der Waals surface area contributed by atoms with Crippen LogP contribution in [0.5, 0.6) is 0 Å². The Morgan fingerprint density at radius 2 is 1.08 bits per heavy atom. The van der Waals surface area contributed by atoms with E-state index >= 15 is 0 Å². The Balaban J connectivity index is 1.25. The van der Waals surface area contributed by atoms with Gasteiger partial charge in [0.2, 0.25) is 0 Å². The molecular weight excluding hydrogens is 484 g/mol. The molecule has 0 bridgehead atoms. The molecule has 0 amide bonds. The molecule has 190 valence electrons.